The Morgan fingerprint density at radius 2 is 1.67 bits per heavy atom. The number of carbonyl (C=O) groups is 1. The molecule has 6 nitrogen and oxygen atoms in total. The topological polar surface area (TPSA) is 66.5 Å². The molecule has 3 aromatic rings. The first-order chi connectivity index (χ1) is 13.1. The van der Waals surface area contributed by atoms with Gasteiger partial charge in [0.15, 0.2) is 0 Å². The Bertz CT molecular complexity index is 906. The first kappa shape index (κ1) is 18.3. The maximum absolute atomic E-state index is 12.4. The number of para-hydroxylation sites is 1. The number of methoxy groups -OCH3 is 1. The van der Waals surface area contributed by atoms with Crippen molar-refractivity contribution >= 4 is 28.8 Å². The predicted molar refractivity (Wildman–Crippen MR) is 109 cm³/mol. The van der Waals surface area contributed by atoms with Crippen molar-refractivity contribution in [3.63, 3.8) is 0 Å². The zero-order valence-corrected chi connectivity index (χ0v) is 15.6. The summed E-state index contributed by atoms with van der Waals surface area (Å²) in [5.41, 5.74) is 3.40. The molecular weight excluding hydrogens is 340 g/mol. The van der Waals surface area contributed by atoms with Crippen LogP contribution in [0.1, 0.15) is 10.4 Å². The third kappa shape index (κ3) is 4.55. The Kier molecular flexibility index (Phi) is 5.56. The molecule has 0 aliphatic rings. The Morgan fingerprint density at radius 3 is 2.30 bits per heavy atom. The first-order valence-corrected chi connectivity index (χ1v) is 8.51. The number of pyridine rings is 1. The molecule has 138 valence electrons. The fourth-order valence-corrected chi connectivity index (χ4v) is 2.57. The normalized spacial score (nSPS) is 10.2. The van der Waals surface area contributed by atoms with Crippen molar-refractivity contribution in [2.45, 2.75) is 0 Å². The molecule has 1 aromatic heterocycles. The zero-order chi connectivity index (χ0) is 19.2. The first-order valence-electron chi connectivity index (χ1n) is 8.51. The van der Waals surface area contributed by atoms with E-state index in [1.54, 1.807) is 30.5 Å². The fraction of sp³-hybridized carbons (Fsp3) is 0.143. The van der Waals surface area contributed by atoms with Crippen LogP contribution in [0.3, 0.4) is 0 Å². The summed E-state index contributed by atoms with van der Waals surface area (Å²) in [4.78, 5) is 18.8. The van der Waals surface area contributed by atoms with E-state index in [-0.39, 0.29) is 5.91 Å². The van der Waals surface area contributed by atoms with Gasteiger partial charge < -0.3 is 20.3 Å². The van der Waals surface area contributed by atoms with E-state index < -0.39 is 0 Å². The number of anilines is 4. The maximum atomic E-state index is 12.4. The standard InChI is InChI=1S/C21H22N4O2/c1-25(2)17-11-8-15(9-12-17)23-16-10-13-20(22-14-16)24-21(26)18-6-4-5-7-19(18)27-3/h4-14,23H,1-3H3,(H,22,24,26). The fourth-order valence-electron chi connectivity index (χ4n) is 2.57. The molecular formula is C21H22N4O2. The molecule has 3 rings (SSSR count). The number of aromatic nitrogens is 1. The molecule has 0 fully saturated rings. The number of hydrogen-bond donors (Lipinski definition) is 2. The zero-order valence-electron chi connectivity index (χ0n) is 15.6. The summed E-state index contributed by atoms with van der Waals surface area (Å²) >= 11 is 0. The van der Waals surface area contributed by atoms with E-state index in [9.17, 15) is 4.79 Å². The number of rotatable bonds is 6. The van der Waals surface area contributed by atoms with Crippen LogP contribution in [0.15, 0.2) is 66.9 Å². The van der Waals surface area contributed by atoms with Crippen molar-refractivity contribution in [2.24, 2.45) is 0 Å². The SMILES string of the molecule is COc1ccccc1C(=O)Nc1ccc(Nc2ccc(N(C)C)cc2)cn1. The predicted octanol–water partition coefficient (Wildman–Crippen LogP) is 4.15. The van der Waals surface area contributed by atoms with Crippen LogP contribution in [0.5, 0.6) is 5.75 Å². The van der Waals surface area contributed by atoms with Gasteiger partial charge in [-0.3, -0.25) is 4.79 Å². The number of amides is 1. The highest BCUT2D eigenvalue weighted by Crippen LogP contribution is 2.21. The van der Waals surface area contributed by atoms with Gasteiger partial charge >= 0.3 is 0 Å². The number of hydrogen-bond acceptors (Lipinski definition) is 5. The maximum Gasteiger partial charge on any atom is 0.260 e. The Morgan fingerprint density at radius 1 is 0.963 bits per heavy atom. The second kappa shape index (κ2) is 8.23. The van der Waals surface area contributed by atoms with Gasteiger partial charge in [-0.1, -0.05) is 12.1 Å². The average molecular weight is 362 g/mol. The number of benzene rings is 2. The van der Waals surface area contributed by atoms with Gasteiger partial charge in [-0.05, 0) is 48.5 Å². The highest BCUT2D eigenvalue weighted by Gasteiger charge is 2.12. The second-order valence-corrected chi connectivity index (χ2v) is 6.15. The second-order valence-electron chi connectivity index (χ2n) is 6.15. The lowest BCUT2D eigenvalue weighted by Crippen LogP contribution is -2.14. The van der Waals surface area contributed by atoms with Gasteiger partial charge in [-0.25, -0.2) is 4.98 Å². The van der Waals surface area contributed by atoms with Crippen molar-refractivity contribution in [2.75, 3.05) is 36.7 Å². The lowest BCUT2D eigenvalue weighted by molar-refractivity contribution is 0.102. The summed E-state index contributed by atoms with van der Waals surface area (Å²) in [5.74, 6) is 0.730. The van der Waals surface area contributed by atoms with E-state index in [0.29, 0.717) is 17.1 Å². The Balaban J connectivity index is 1.65. The number of nitrogens with one attached hydrogen (secondary N) is 2. The van der Waals surface area contributed by atoms with Crippen LogP contribution < -0.4 is 20.3 Å². The van der Waals surface area contributed by atoms with E-state index >= 15 is 0 Å². The number of nitrogens with zero attached hydrogens (tertiary/aromatic N) is 2. The van der Waals surface area contributed by atoms with Crippen molar-refractivity contribution in [1.82, 2.24) is 4.98 Å². The van der Waals surface area contributed by atoms with Crippen LogP contribution in [0, 0.1) is 0 Å². The van der Waals surface area contributed by atoms with Gasteiger partial charge in [0.1, 0.15) is 11.6 Å². The number of ether oxygens (including phenoxy) is 1. The van der Waals surface area contributed by atoms with Crippen LogP contribution in [-0.4, -0.2) is 32.1 Å². The van der Waals surface area contributed by atoms with Gasteiger partial charge in [0.25, 0.3) is 5.91 Å². The molecule has 0 saturated heterocycles. The third-order valence-corrected chi connectivity index (χ3v) is 4.03. The van der Waals surface area contributed by atoms with Crippen LogP contribution in [0.2, 0.25) is 0 Å². The Labute approximate surface area is 158 Å². The van der Waals surface area contributed by atoms with Crippen LogP contribution >= 0.6 is 0 Å². The monoisotopic (exact) mass is 362 g/mol. The molecule has 0 radical (unpaired) electrons. The largest absolute Gasteiger partial charge is 0.496 e. The third-order valence-electron chi connectivity index (χ3n) is 4.03. The molecule has 0 unspecified atom stereocenters. The van der Waals surface area contributed by atoms with E-state index in [2.05, 4.69) is 15.6 Å². The van der Waals surface area contributed by atoms with Crippen LogP contribution in [0.25, 0.3) is 0 Å². The van der Waals surface area contributed by atoms with Gasteiger partial charge in [0.2, 0.25) is 0 Å². The van der Waals surface area contributed by atoms with Crippen molar-refractivity contribution in [3.05, 3.63) is 72.4 Å². The highest BCUT2D eigenvalue weighted by atomic mass is 16.5. The molecule has 2 aromatic carbocycles. The molecule has 0 saturated carbocycles. The summed E-state index contributed by atoms with van der Waals surface area (Å²) in [6.45, 7) is 0. The number of carbonyl (C=O) groups excluding carboxylic acids is 1. The van der Waals surface area contributed by atoms with Gasteiger partial charge in [0.05, 0.1) is 24.6 Å². The minimum Gasteiger partial charge on any atom is -0.496 e. The molecule has 2 N–H and O–H groups in total. The molecule has 0 spiro atoms. The van der Waals surface area contributed by atoms with E-state index in [0.717, 1.165) is 17.1 Å². The lowest BCUT2D eigenvalue weighted by atomic mass is 10.2. The molecule has 1 heterocycles. The summed E-state index contributed by atoms with van der Waals surface area (Å²) in [6, 6.07) is 18.8. The average Bonchev–Trinajstić information content (AvgIpc) is 2.69. The summed E-state index contributed by atoms with van der Waals surface area (Å²) in [6.07, 6.45) is 1.68. The minimum absolute atomic E-state index is 0.264. The summed E-state index contributed by atoms with van der Waals surface area (Å²) < 4.78 is 5.22. The molecule has 27 heavy (non-hydrogen) atoms. The minimum atomic E-state index is -0.264. The van der Waals surface area contributed by atoms with Crippen molar-refractivity contribution in [1.29, 1.82) is 0 Å². The highest BCUT2D eigenvalue weighted by molar-refractivity contribution is 6.05. The molecule has 0 aliphatic carbocycles. The lowest BCUT2D eigenvalue weighted by Gasteiger charge is -2.13. The molecule has 1 amide bonds. The molecule has 6 heteroatoms. The summed E-state index contributed by atoms with van der Waals surface area (Å²) in [5, 5.41) is 6.07. The van der Waals surface area contributed by atoms with E-state index in [1.807, 2.05) is 55.4 Å². The van der Waals surface area contributed by atoms with E-state index in [1.165, 1.54) is 7.11 Å². The Hall–Kier alpha value is -3.54. The van der Waals surface area contributed by atoms with Crippen LogP contribution in [0.4, 0.5) is 22.9 Å². The van der Waals surface area contributed by atoms with Crippen LogP contribution in [-0.2, 0) is 0 Å². The van der Waals surface area contributed by atoms with Gasteiger partial charge in [-0.2, -0.15) is 0 Å². The van der Waals surface area contributed by atoms with E-state index in [4.69, 9.17) is 4.74 Å². The smallest absolute Gasteiger partial charge is 0.260 e. The molecule has 0 bridgehead atoms. The quantitative estimate of drug-likeness (QED) is 0.689. The van der Waals surface area contributed by atoms with Crippen molar-refractivity contribution < 1.29 is 9.53 Å². The van der Waals surface area contributed by atoms with Gasteiger partial charge in [0, 0.05) is 25.5 Å². The summed E-state index contributed by atoms with van der Waals surface area (Å²) in [7, 11) is 5.55. The van der Waals surface area contributed by atoms with Crippen molar-refractivity contribution in [3.8, 4) is 5.75 Å². The van der Waals surface area contributed by atoms with Gasteiger partial charge in [-0.15, -0.1) is 0 Å². The molecule has 0 atom stereocenters. The molecule has 0 aliphatic heterocycles.